The number of hydrogen-bond donors (Lipinski definition) is 3. The largest absolute Gasteiger partial charge is 0.496 e. The lowest BCUT2D eigenvalue weighted by Crippen LogP contribution is -2.46. The zero-order valence-electron chi connectivity index (χ0n) is 16.1. The number of rotatable bonds is 8. The number of carbonyl (C=O) groups is 2. The van der Waals surface area contributed by atoms with E-state index in [9.17, 15) is 14.7 Å². The number of hydrogen-bond acceptors (Lipinski definition) is 6. The first-order chi connectivity index (χ1) is 13.9. The molecular weight excluding hydrogens is 376 g/mol. The minimum absolute atomic E-state index is 0.252. The van der Waals surface area contributed by atoms with Crippen LogP contribution < -0.4 is 20.5 Å². The van der Waals surface area contributed by atoms with E-state index in [-0.39, 0.29) is 12.2 Å². The number of aliphatic hydroxyl groups is 1. The van der Waals surface area contributed by atoms with E-state index in [0.717, 1.165) is 5.56 Å². The fraction of sp³-hybridized carbons (Fsp3) is 0.238. The van der Waals surface area contributed by atoms with Gasteiger partial charge in [-0.1, -0.05) is 18.2 Å². The molecule has 0 saturated carbocycles. The van der Waals surface area contributed by atoms with Gasteiger partial charge < -0.3 is 30.0 Å². The van der Waals surface area contributed by atoms with Gasteiger partial charge in [-0.25, -0.2) is 0 Å². The second kappa shape index (κ2) is 8.66. The minimum Gasteiger partial charge on any atom is -0.496 e. The van der Waals surface area contributed by atoms with Crippen molar-refractivity contribution < 1.29 is 28.6 Å². The highest BCUT2D eigenvalue weighted by Gasteiger charge is 2.23. The number of aliphatic hydroxyl groups excluding tert-OH is 1. The molecule has 0 aliphatic rings. The molecule has 0 saturated heterocycles. The Kier molecular flexibility index (Phi) is 6.04. The van der Waals surface area contributed by atoms with Gasteiger partial charge in [-0.2, -0.15) is 0 Å². The van der Waals surface area contributed by atoms with E-state index in [1.54, 1.807) is 32.2 Å². The number of furan rings is 1. The Morgan fingerprint density at radius 1 is 1.24 bits per heavy atom. The Bertz CT molecular complexity index is 1040. The maximum Gasteiger partial charge on any atom is 0.256 e. The fourth-order valence-electron chi connectivity index (χ4n) is 2.99. The van der Waals surface area contributed by atoms with E-state index in [2.05, 4.69) is 5.32 Å². The molecule has 8 heteroatoms. The zero-order valence-corrected chi connectivity index (χ0v) is 16.1. The first-order valence-corrected chi connectivity index (χ1v) is 8.93. The van der Waals surface area contributed by atoms with E-state index in [0.29, 0.717) is 28.2 Å². The van der Waals surface area contributed by atoms with E-state index in [1.165, 1.54) is 0 Å². The van der Waals surface area contributed by atoms with Gasteiger partial charge in [0.2, 0.25) is 5.91 Å². The summed E-state index contributed by atoms with van der Waals surface area (Å²) in [4.78, 5) is 23.9. The van der Waals surface area contributed by atoms with E-state index >= 15 is 0 Å². The van der Waals surface area contributed by atoms with Crippen LogP contribution >= 0.6 is 0 Å². The summed E-state index contributed by atoms with van der Waals surface area (Å²) in [5.74, 6) is 0.231. The van der Waals surface area contributed by atoms with E-state index in [1.807, 2.05) is 24.3 Å². The van der Waals surface area contributed by atoms with Crippen molar-refractivity contribution in [2.45, 2.75) is 19.6 Å². The lowest BCUT2D eigenvalue weighted by Gasteiger charge is -2.12. The van der Waals surface area contributed by atoms with Crippen molar-refractivity contribution in [1.29, 1.82) is 0 Å². The molecular formula is C21H22N2O6. The van der Waals surface area contributed by atoms with Crippen LogP contribution in [0.5, 0.6) is 11.5 Å². The predicted octanol–water partition coefficient (Wildman–Crippen LogP) is 1.90. The molecule has 0 aliphatic heterocycles. The van der Waals surface area contributed by atoms with Gasteiger partial charge in [-0.3, -0.25) is 9.59 Å². The molecule has 3 rings (SSSR count). The third-order valence-electron chi connectivity index (χ3n) is 4.48. The average Bonchev–Trinajstić information content (AvgIpc) is 3.05. The molecule has 3 aromatic rings. The second-order valence-electron chi connectivity index (χ2n) is 6.40. The average molecular weight is 398 g/mol. The van der Waals surface area contributed by atoms with Crippen LogP contribution in [0.15, 0.2) is 46.9 Å². The Balaban J connectivity index is 1.86. The molecule has 0 fully saturated rings. The van der Waals surface area contributed by atoms with Crippen molar-refractivity contribution in [2.24, 2.45) is 5.73 Å². The number of ether oxygens (including phenoxy) is 2. The van der Waals surface area contributed by atoms with Gasteiger partial charge in [0, 0.05) is 10.9 Å². The first-order valence-electron chi connectivity index (χ1n) is 8.93. The highest BCUT2D eigenvalue weighted by molar-refractivity contribution is 6.08. The van der Waals surface area contributed by atoms with Crippen molar-refractivity contribution >= 4 is 22.8 Å². The van der Waals surface area contributed by atoms with Crippen molar-refractivity contribution in [3.8, 4) is 11.5 Å². The van der Waals surface area contributed by atoms with Gasteiger partial charge in [0.05, 0.1) is 19.3 Å². The number of primary amides is 1. The highest BCUT2D eigenvalue weighted by atomic mass is 16.5. The van der Waals surface area contributed by atoms with Crippen LogP contribution in [-0.2, 0) is 11.4 Å². The lowest BCUT2D eigenvalue weighted by atomic mass is 10.1. The molecule has 1 atom stereocenters. The van der Waals surface area contributed by atoms with Crippen molar-refractivity contribution in [1.82, 2.24) is 5.32 Å². The Labute approximate surface area is 167 Å². The minimum atomic E-state index is -1.18. The highest BCUT2D eigenvalue weighted by Crippen LogP contribution is 2.30. The van der Waals surface area contributed by atoms with Gasteiger partial charge in [-0.15, -0.1) is 0 Å². The maximum absolute atomic E-state index is 12.6. The van der Waals surface area contributed by atoms with Crippen LogP contribution in [-0.4, -0.2) is 36.7 Å². The molecule has 2 aromatic carbocycles. The number of aryl methyl sites for hydroxylation is 1. The van der Waals surface area contributed by atoms with Crippen LogP contribution in [0.1, 0.15) is 21.7 Å². The molecule has 0 spiro atoms. The maximum atomic E-state index is 12.6. The number of carbonyl (C=O) groups excluding carboxylic acids is 2. The number of methoxy groups -OCH3 is 1. The van der Waals surface area contributed by atoms with E-state index in [4.69, 9.17) is 19.6 Å². The lowest BCUT2D eigenvalue weighted by molar-refractivity contribution is -0.120. The van der Waals surface area contributed by atoms with Gasteiger partial charge in [-0.05, 0) is 31.2 Å². The molecule has 2 amide bonds. The SMILES string of the molecule is COc1ccccc1COc1ccc2oc(C)c(C(=O)N[C@@H](CO)C(N)=O)c2c1. The normalized spacial score (nSPS) is 11.8. The zero-order chi connectivity index (χ0) is 21.0. The van der Waals surface area contributed by atoms with Crippen molar-refractivity contribution in [2.75, 3.05) is 13.7 Å². The topological polar surface area (TPSA) is 124 Å². The summed E-state index contributed by atoms with van der Waals surface area (Å²) in [6.07, 6.45) is 0. The number of benzene rings is 2. The van der Waals surface area contributed by atoms with Crippen LogP contribution in [0.4, 0.5) is 0 Å². The molecule has 1 aromatic heterocycles. The summed E-state index contributed by atoms with van der Waals surface area (Å²) >= 11 is 0. The molecule has 29 heavy (non-hydrogen) atoms. The van der Waals surface area contributed by atoms with Crippen LogP contribution in [0.3, 0.4) is 0 Å². The van der Waals surface area contributed by atoms with Gasteiger partial charge in [0.1, 0.15) is 35.5 Å². The van der Waals surface area contributed by atoms with Crippen LogP contribution in [0.2, 0.25) is 0 Å². The van der Waals surface area contributed by atoms with Crippen LogP contribution in [0.25, 0.3) is 11.0 Å². The number of amides is 2. The molecule has 0 bridgehead atoms. The molecule has 1 heterocycles. The van der Waals surface area contributed by atoms with Gasteiger partial charge in [0.15, 0.2) is 0 Å². The Morgan fingerprint density at radius 3 is 2.69 bits per heavy atom. The van der Waals surface area contributed by atoms with Crippen LogP contribution in [0, 0.1) is 6.92 Å². The van der Waals surface area contributed by atoms with Crippen molar-refractivity contribution in [3.05, 3.63) is 59.4 Å². The standard InChI is InChI=1S/C21H22N2O6/c1-12-19(21(26)23-16(10-24)20(22)25)15-9-14(7-8-18(15)29-12)28-11-13-5-3-4-6-17(13)27-2/h3-9,16,24H,10-11H2,1-2H3,(H2,22,25)(H,23,26)/t16-/m0/s1. The summed E-state index contributed by atoms with van der Waals surface area (Å²) in [7, 11) is 1.59. The quantitative estimate of drug-likeness (QED) is 0.532. The first kappa shape index (κ1) is 20.2. The van der Waals surface area contributed by atoms with Gasteiger partial charge >= 0.3 is 0 Å². The number of nitrogens with two attached hydrogens (primary N) is 1. The molecule has 4 N–H and O–H groups in total. The second-order valence-corrected chi connectivity index (χ2v) is 6.40. The number of para-hydroxylation sites is 1. The molecule has 0 radical (unpaired) electrons. The predicted molar refractivity (Wildman–Crippen MR) is 106 cm³/mol. The molecule has 8 nitrogen and oxygen atoms in total. The van der Waals surface area contributed by atoms with Crippen molar-refractivity contribution in [3.63, 3.8) is 0 Å². The fourth-order valence-corrected chi connectivity index (χ4v) is 2.99. The number of fused-ring (bicyclic) bond motifs is 1. The van der Waals surface area contributed by atoms with E-state index < -0.39 is 24.5 Å². The third-order valence-corrected chi connectivity index (χ3v) is 4.48. The third kappa shape index (κ3) is 4.33. The molecule has 0 unspecified atom stereocenters. The number of nitrogens with one attached hydrogen (secondary N) is 1. The Hall–Kier alpha value is -3.52. The summed E-state index contributed by atoms with van der Waals surface area (Å²) in [5, 5.41) is 12.2. The summed E-state index contributed by atoms with van der Waals surface area (Å²) in [6, 6.07) is 11.5. The smallest absolute Gasteiger partial charge is 0.256 e. The summed E-state index contributed by atoms with van der Waals surface area (Å²) in [5.41, 5.74) is 6.80. The molecule has 0 aliphatic carbocycles. The summed E-state index contributed by atoms with van der Waals surface area (Å²) in [6.45, 7) is 1.33. The summed E-state index contributed by atoms with van der Waals surface area (Å²) < 4.78 is 16.8. The molecule has 152 valence electrons. The van der Waals surface area contributed by atoms with Gasteiger partial charge in [0.25, 0.3) is 5.91 Å². The Morgan fingerprint density at radius 2 is 2.00 bits per heavy atom. The monoisotopic (exact) mass is 398 g/mol.